The van der Waals surface area contributed by atoms with Gasteiger partial charge in [-0.2, -0.15) is 0 Å². The average Bonchev–Trinajstić information content (AvgIpc) is 2.35. The highest BCUT2D eigenvalue weighted by Gasteiger charge is 2.13. The third-order valence-electron chi connectivity index (χ3n) is 2.81. The normalized spacial score (nSPS) is 11.6. The molecule has 1 aromatic carbocycles. The average molecular weight is 337 g/mol. The lowest BCUT2D eigenvalue weighted by molar-refractivity contribution is -0.114. The van der Waals surface area contributed by atoms with Crippen LogP contribution in [0, 0.1) is 0 Å². The van der Waals surface area contributed by atoms with Crippen molar-refractivity contribution in [1.82, 2.24) is 4.90 Å². The number of benzene rings is 1. The quantitative estimate of drug-likeness (QED) is 0.606. The zero-order valence-electron chi connectivity index (χ0n) is 12.5. The third-order valence-corrected chi connectivity index (χ3v) is 3.04. The van der Waals surface area contributed by atoms with Crippen molar-refractivity contribution < 1.29 is 4.79 Å². The van der Waals surface area contributed by atoms with Gasteiger partial charge in [0.25, 0.3) is 5.91 Å². The maximum absolute atomic E-state index is 12.3. The molecule has 0 saturated heterocycles. The van der Waals surface area contributed by atoms with Crippen molar-refractivity contribution >= 4 is 27.5 Å². The Bertz CT molecular complexity index is 535. The SMILES string of the molecule is C=C(Br)/C=C(\C)C(=O)N(C)c1cccc(CN(C)C)c1. The maximum atomic E-state index is 12.3. The van der Waals surface area contributed by atoms with E-state index < -0.39 is 0 Å². The van der Waals surface area contributed by atoms with Crippen LogP contribution in [0.25, 0.3) is 0 Å². The molecule has 0 bridgehead atoms. The Morgan fingerprint density at radius 3 is 2.55 bits per heavy atom. The van der Waals surface area contributed by atoms with E-state index in [1.165, 1.54) is 5.56 Å². The van der Waals surface area contributed by atoms with Gasteiger partial charge in [-0.15, -0.1) is 0 Å². The van der Waals surface area contributed by atoms with E-state index >= 15 is 0 Å². The summed E-state index contributed by atoms with van der Waals surface area (Å²) in [7, 11) is 5.83. The van der Waals surface area contributed by atoms with Gasteiger partial charge in [0.1, 0.15) is 0 Å². The van der Waals surface area contributed by atoms with Gasteiger partial charge in [-0.05, 0) is 44.8 Å². The van der Waals surface area contributed by atoms with Crippen LogP contribution in [-0.2, 0) is 11.3 Å². The molecule has 1 amide bonds. The predicted octanol–water partition coefficient (Wildman–Crippen LogP) is 3.57. The first kappa shape index (κ1) is 16.7. The zero-order valence-corrected chi connectivity index (χ0v) is 14.1. The van der Waals surface area contributed by atoms with Crippen molar-refractivity contribution in [2.75, 3.05) is 26.0 Å². The number of carbonyl (C=O) groups is 1. The molecule has 0 unspecified atom stereocenters. The summed E-state index contributed by atoms with van der Waals surface area (Å²) >= 11 is 3.24. The first-order valence-electron chi connectivity index (χ1n) is 6.35. The summed E-state index contributed by atoms with van der Waals surface area (Å²) < 4.78 is 0.693. The Hall–Kier alpha value is -1.39. The summed E-state index contributed by atoms with van der Waals surface area (Å²) in [5.41, 5.74) is 2.72. The van der Waals surface area contributed by atoms with E-state index in [9.17, 15) is 4.79 Å². The molecule has 0 N–H and O–H groups in total. The third kappa shape index (κ3) is 4.94. The summed E-state index contributed by atoms with van der Waals surface area (Å²) in [5.74, 6) is -0.0346. The highest BCUT2D eigenvalue weighted by atomic mass is 79.9. The van der Waals surface area contributed by atoms with E-state index in [1.54, 1.807) is 24.9 Å². The number of hydrogen-bond acceptors (Lipinski definition) is 2. The minimum absolute atomic E-state index is 0.0346. The van der Waals surface area contributed by atoms with Crippen molar-refractivity contribution in [2.45, 2.75) is 13.5 Å². The molecule has 0 aromatic heterocycles. The van der Waals surface area contributed by atoms with Gasteiger partial charge in [0.2, 0.25) is 0 Å². The summed E-state index contributed by atoms with van der Waals surface area (Å²) in [5, 5.41) is 0. The standard InChI is InChI=1S/C16H21BrN2O/c1-12(9-13(2)17)16(20)19(5)15-8-6-7-14(10-15)11-18(3)4/h6-10H,2,11H2,1,3-5H3/b12-9+. The highest BCUT2D eigenvalue weighted by molar-refractivity contribution is 9.11. The van der Waals surface area contributed by atoms with Crippen molar-refractivity contribution in [2.24, 2.45) is 0 Å². The molecule has 0 aliphatic carbocycles. The predicted molar refractivity (Wildman–Crippen MR) is 89.1 cm³/mol. The molecule has 3 nitrogen and oxygen atoms in total. The molecule has 1 aromatic rings. The molecular formula is C16H21BrN2O. The monoisotopic (exact) mass is 336 g/mol. The lowest BCUT2D eigenvalue weighted by Crippen LogP contribution is -2.27. The van der Waals surface area contributed by atoms with Crippen LogP contribution in [0.2, 0.25) is 0 Å². The van der Waals surface area contributed by atoms with Crippen molar-refractivity contribution in [3.05, 3.63) is 52.5 Å². The first-order chi connectivity index (χ1) is 9.31. The van der Waals surface area contributed by atoms with Crippen LogP contribution >= 0.6 is 15.9 Å². The number of likely N-dealkylation sites (N-methyl/N-ethyl adjacent to an activating group) is 1. The lowest BCUT2D eigenvalue weighted by atomic mass is 10.1. The number of carbonyl (C=O) groups excluding carboxylic acids is 1. The van der Waals surface area contributed by atoms with Gasteiger partial charge >= 0.3 is 0 Å². The van der Waals surface area contributed by atoms with Gasteiger partial charge in [0.05, 0.1) is 0 Å². The second-order valence-electron chi connectivity index (χ2n) is 5.05. The number of amides is 1. The summed E-state index contributed by atoms with van der Waals surface area (Å²) in [4.78, 5) is 16.0. The van der Waals surface area contributed by atoms with Crippen LogP contribution in [0.4, 0.5) is 5.69 Å². The second-order valence-corrected chi connectivity index (χ2v) is 6.06. The fourth-order valence-electron chi connectivity index (χ4n) is 1.91. The molecule has 0 atom stereocenters. The van der Waals surface area contributed by atoms with Crippen LogP contribution in [0.1, 0.15) is 12.5 Å². The summed E-state index contributed by atoms with van der Waals surface area (Å²) in [6.45, 7) is 6.36. The molecule has 1 rings (SSSR count). The summed E-state index contributed by atoms with van der Waals surface area (Å²) in [6.07, 6.45) is 1.72. The van der Waals surface area contributed by atoms with Crippen molar-refractivity contribution in [3.63, 3.8) is 0 Å². The number of anilines is 1. The molecule has 0 fully saturated rings. The fourth-order valence-corrected chi connectivity index (χ4v) is 2.25. The van der Waals surface area contributed by atoms with Gasteiger partial charge in [0.15, 0.2) is 0 Å². The topological polar surface area (TPSA) is 23.6 Å². The van der Waals surface area contributed by atoms with E-state index in [4.69, 9.17) is 0 Å². The molecule has 20 heavy (non-hydrogen) atoms. The van der Waals surface area contributed by atoms with Crippen LogP contribution < -0.4 is 4.90 Å². The molecule has 0 spiro atoms. The van der Waals surface area contributed by atoms with Gasteiger partial charge in [-0.1, -0.05) is 34.6 Å². The number of nitrogens with zero attached hydrogens (tertiary/aromatic N) is 2. The lowest BCUT2D eigenvalue weighted by Gasteiger charge is -2.19. The van der Waals surface area contributed by atoms with E-state index in [1.807, 2.05) is 32.3 Å². The van der Waals surface area contributed by atoms with E-state index in [0.717, 1.165) is 12.2 Å². The Labute approximate surface area is 129 Å². The van der Waals surface area contributed by atoms with Crippen LogP contribution in [0.3, 0.4) is 0 Å². The Morgan fingerprint density at radius 1 is 1.35 bits per heavy atom. The second kappa shape index (κ2) is 7.41. The first-order valence-corrected chi connectivity index (χ1v) is 7.15. The number of halogens is 1. The van der Waals surface area contributed by atoms with E-state index in [-0.39, 0.29) is 5.91 Å². The van der Waals surface area contributed by atoms with E-state index in [0.29, 0.717) is 10.1 Å². The van der Waals surface area contributed by atoms with Gasteiger partial charge < -0.3 is 9.80 Å². The van der Waals surface area contributed by atoms with E-state index in [2.05, 4.69) is 33.5 Å². The van der Waals surface area contributed by atoms with Crippen molar-refractivity contribution in [3.8, 4) is 0 Å². The fraction of sp³-hybridized carbons (Fsp3) is 0.312. The number of rotatable bonds is 5. The number of allylic oxidation sites excluding steroid dienone is 2. The molecule has 4 heteroatoms. The van der Waals surface area contributed by atoms with Crippen LogP contribution in [0.15, 0.2) is 47.0 Å². The minimum atomic E-state index is -0.0346. The molecular weight excluding hydrogens is 316 g/mol. The van der Waals surface area contributed by atoms with Gasteiger partial charge in [0, 0.05) is 29.3 Å². The molecule has 0 radical (unpaired) electrons. The summed E-state index contributed by atoms with van der Waals surface area (Å²) in [6, 6.07) is 8.01. The Kier molecular flexibility index (Phi) is 6.17. The molecule has 0 heterocycles. The van der Waals surface area contributed by atoms with Gasteiger partial charge in [-0.25, -0.2) is 0 Å². The number of hydrogen-bond donors (Lipinski definition) is 0. The molecule has 0 aliphatic heterocycles. The van der Waals surface area contributed by atoms with Crippen LogP contribution in [0.5, 0.6) is 0 Å². The molecule has 108 valence electrons. The highest BCUT2D eigenvalue weighted by Crippen LogP contribution is 2.18. The van der Waals surface area contributed by atoms with Gasteiger partial charge in [-0.3, -0.25) is 4.79 Å². The Balaban J connectivity index is 2.94. The van der Waals surface area contributed by atoms with Crippen LogP contribution in [-0.4, -0.2) is 32.0 Å². The Morgan fingerprint density at radius 2 is 2.00 bits per heavy atom. The smallest absolute Gasteiger partial charge is 0.253 e. The zero-order chi connectivity index (χ0) is 15.3. The molecule has 0 aliphatic rings. The molecule has 0 saturated carbocycles. The maximum Gasteiger partial charge on any atom is 0.253 e. The van der Waals surface area contributed by atoms with Crippen molar-refractivity contribution in [1.29, 1.82) is 0 Å². The largest absolute Gasteiger partial charge is 0.312 e. The minimum Gasteiger partial charge on any atom is -0.312 e.